The molecule has 0 spiro atoms. The van der Waals surface area contributed by atoms with Gasteiger partial charge in [-0.2, -0.15) is 0 Å². The average molecular weight is 329 g/mol. The van der Waals surface area contributed by atoms with Gasteiger partial charge < -0.3 is 20.9 Å². The Hall–Kier alpha value is -1.54. The van der Waals surface area contributed by atoms with E-state index < -0.39 is 23.9 Å². The molecule has 0 aromatic carbocycles. The number of aromatic amines is 1. The number of nitrogens with two attached hydrogens (primary N) is 1. The van der Waals surface area contributed by atoms with Crippen molar-refractivity contribution < 1.29 is 19.8 Å². The van der Waals surface area contributed by atoms with Crippen molar-refractivity contribution in [2.45, 2.75) is 38.4 Å². The quantitative estimate of drug-likeness (QED) is 0.504. The van der Waals surface area contributed by atoms with Crippen molar-refractivity contribution in [2.24, 2.45) is 23.5 Å². The zero-order valence-electron chi connectivity index (χ0n) is 12.9. The number of carboxylic acids is 2. The molecule has 0 aliphatic rings. The van der Waals surface area contributed by atoms with E-state index in [-0.39, 0.29) is 17.6 Å². The predicted octanol–water partition coefficient (Wildman–Crippen LogP) is 1.45. The molecule has 0 aliphatic carbocycles. The molecule has 124 valence electrons. The molecule has 0 saturated heterocycles. The highest BCUT2D eigenvalue weighted by molar-refractivity contribution is 7.99. The van der Waals surface area contributed by atoms with Crippen LogP contribution in [0.3, 0.4) is 0 Å². The molecule has 22 heavy (non-hydrogen) atoms. The van der Waals surface area contributed by atoms with Crippen LogP contribution in [0.2, 0.25) is 0 Å². The van der Waals surface area contributed by atoms with Crippen LogP contribution >= 0.6 is 11.8 Å². The number of carboxylic acid groups (broad SMARTS) is 2. The SMILES string of the molecule is CC(C)C(C)[C@@H](Cc1cnc(SC[C@H](N)C(=O)O)[nH]1)C(=O)O. The first-order chi connectivity index (χ1) is 10.2. The van der Waals surface area contributed by atoms with Gasteiger partial charge in [-0.15, -0.1) is 0 Å². The second-order valence-corrected chi connectivity index (χ2v) is 6.73. The number of nitrogens with zero attached hydrogens (tertiary/aromatic N) is 1. The summed E-state index contributed by atoms with van der Waals surface area (Å²) in [6, 6.07) is -0.953. The summed E-state index contributed by atoms with van der Waals surface area (Å²) in [6.45, 7) is 5.94. The number of hydrogen-bond acceptors (Lipinski definition) is 5. The molecule has 0 saturated carbocycles. The van der Waals surface area contributed by atoms with Gasteiger partial charge in [0.05, 0.1) is 5.92 Å². The lowest BCUT2D eigenvalue weighted by Gasteiger charge is -2.22. The highest BCUT2D eigenvalue weighted by atomic mass is 32.2. The van der Waals surface area contributed by atoms with Crippen molar-refractivity contribution in [1.29, 1.82) is 0 Å². The second-order valence-electron chi connectivity index (χ2n) is 5.72. The molecule has 1 aromatic heterocycles. The van der Waals surface area contributed by atoms with Gasteiger partial charge in [0.25, 0.3) is 0 Å². The number of carbonyl (C=O) groups is 2. The maximum Gasteiger partial charge on any atom is 0.321 e. The molecule has 3 atom stereocenters. The van der Waals surface area contributed by atoms with E-state index in [0.29, 0.717) is 11.6 Å². The van der Waals surface area contributed by atoms with E-state index >= 15 is 0 Å². The van der Waals surface area contributed by atoms with Crippen molar-refractivity contribution in [2.75, 3.05) is 5.75 Å². The molecule has 0 aliphatic heterocycles. The Kier molecular flexibility index (Phi) is 6.89. The van der Waals surface area contributed by atoms with Crippen molar-refractivity contribution in [3.05, 3.63) is 11.9 Å². The zero-order valence-corrected chi connectivity index (χ0v) is 13.8. The van der Waals surface area contributed by atoms with Gasteiger partial charge in [0.1, 0.15) is 6.04 Å². The molecule has 0 fully saturated rings. The summed E-state index contributed by atoms with van der Waals surface area (Å²) in [6.07, 6.45) is 1.96. The van der Waals surface area contributed by atoms with E-state index in [1.54, 1.807) is 6.20 Å². The van der Waals surface area contributed by atoms with Crippen molar-refractivity contribution >= 4 is 23.7 Å². The minimum atomic E-state index is -1.06. The first-order valence-electron chi connectivity index (χ1n) is 7.10. The maximum atomic E-state index is 11.4. The van der Waals surface area contributed by atoms with E-state index in [4.69, 9.17) is 10.8 Å². The van der Waals surface area contributed by atoms with Crippen LogP contribution in [0, 0.1) is 17.8 Å². The molecule has 7 nitrogen and oxygen atoms in total. The lowest BCUT2D eigenvalue weighted by Crippen LogP contribution is -2.32. The number of hydrogen-bond donors (Lipinski definition) is 4. The Balaban J connectivity index is 2.66. The average Bonchev–Trinajstić information content (AvgIpc) is 2.88. The fourth-order valence-corrected chi connectivity index (χ4v) is 2.77. The van der Waals surface area contributed by atoms with Crippen molar-refractivity contribution in [3.8, 4) is 0 Å². The van der Waals surface area contributed by atoms with Crippen LogP contribution in [0.1, 0.15) is 26.5 Å². The number of aromatic nitrogens is 2. The fourth-order valence-electron chi connectivity index (χ4n) is 1.96. The largest absolute Gasteiger partial charge is 0.481 e. The van der Waals surface area contributed by atoms with Gasteiger partial charge in [-0.3, -0.25) is 9.59 Å². The third-order valence-corrected chi connectivity index (χ3v) is 4.77. The number of H-pyrrole nitrogens is 1. The molecule has 0 amide bonds. The molecule has 1 aromatic rings. The van der Waals surface area contributed by atoms with E-state index in [0.717, 1.165) is 5.69 Å². The second kappa shape index (κ2) is 8.19. The smallest absolute Gasteiger partial charge is 0.321 e. The number of aliphatic carboxylic acids is 2. The summed E-state index contributed by atoms with van der Waals surface area (Å²) in [5.74, 6) is -1.86. The van der Waals surface area contributed by atoms with Gasteiger partial charge in [0, 0.05) is 24.1 Å². The monoisotopic (exact) mass is 329 g/mol. The highest BCUT2D eigenvalue weighted by Crippen LogP contribution is 2.25. The van der Waals surface area contributed by atoms with Crippen LogP contribution in [-0.2, 0) is 16.0 Å². The predicted molar refractivity (Wildman–Crippen MR) is 83.8 cm³/mol. The summed E-state index contributed by atoms with van der Waals surface area (Å²) < 4.78 is 0. The summed E-state index contributed by atoms with van der Waals surface area (Å²) in [4.78, 5) is 29.2. The fraction of sp³-hybridized carbons (Fsp3) is 0.643. The van der Waals surface area contributed by atoms with E-state index in [2.05, 4.69) is 9.97 Å². The lowest BCUT2D eigenvalue weighted by molar-refractivity contribution is -0.144. The minimum Gasteiger partial charge on any atom is -0.481 e. The van der Waals surface area contributed by atoms with Crippen LogP contribution in [0.25, 0.3) is 0 Å². The third-order valence-electron chi connectivity index (χ3n) is 3.77. The molecular weight excluding hydrogens is 306 g/mol. The minimum absolute atomic E-state index is 0.0392. The number of thioether (sulfide) groups is 1. The summed E-state index contributed by atoms with van der Waals surface area (Å²) in [7, 11) is 0. The van der Waals surface area contributed by atoms with Crippen molar-refractivity contribution in [1.82, 2.24) is 9.97 Å². The number of rotatable bonds is 9. The standard InChI is InChI=1S/C14H23N3O4S/c1-7(2)8(3)10(12(18)19)4-9-5-16-14(17-9)22-6-11(15)13(20)21/h5,7-8,10-11H,4,6,15H2,1-3H3,(H,16,17)(H,18,19)(H,20,21)/t8?,10-,11+/m1/s1. The van der Waals surface area contributed by atoms with Gasteiger partial charge in [-0.05, 0) is 11.8 Å². The summed E-state index contributed by atoms with van der Waals surface area (Å²) in [5.41, 5.74) is 6.15. The molecule has 1 rings (SSSR count). The van der Waals surface area contributed by atoms with Gasteiger partial charge in [0.2, 0.25) is 0 Å². The molecule has 8 heteroatoms. The van der Waals surface area contributed by atoms with Crippen LogP contribution in [-0.4, -0.2) is 43.9 Å². The van der Waals surface area contributed by atoms with E-state index in [9.17, 15) is 14.7 Å². The van der Waals surface area contributed by atoms with E-state index in [1.165, 1.54) is 11.8 Å². The topological polar surface area (TPSA) is 129 Å². The molecule has 0 radical (unpaired) electrons. The van der Waals surface area contributed by atoms with Crippen LogP contribution in [0.15, 0.2) is 11.4 Å². The maximum absolute atomic E-state index is 11.4. The third kappa shape index (κ3) is 5.34. The van der Waals surface area contributed by atoms with Crippen LogP contribution < -0.4 is 5.73 Å². The Morgan fingerprint density at radius 1 is 1.32 bits per heavy atom. The first-order valence-corrected chi connectivity index (χ1v) is 8.08. The number of imidazole rings is 1. The molecular formula is C14H23N3O4S. The Morgan fingerprint density at radius 2 is 1.95 bits per heavy atom. The molecule has 1 heterocycles. The lowest BCUT2D eigenvalue weighted by atomic mass is 9.82. The molecule has 1 unspecified atom stereocenters. The molecule has 5 N–H and O–H groups in total. The number of nitrogens with one attached hydrogen (secondary N) is 1. The van der Waals surface area contributed by atoms with Gasteiger partial charge >= 0.3 is 11.9 Å². The first kappa shape index (κ1) is 18.5. The Morgan fingerprint density at radius 3 is 2.45 bits per heavy atom. The summed E-state index contributed by atoms with van der Waals surface area (Å²) >= 11 is 1.21. The van der Waals surface area contributed by atoms with Gasteiger partial charge in [-0.25, -0.2) is 4.98 Å². The van der Waals surface area contributed by atoms with Crippen molar-refractivity contribution in [3.63, 3.8) is 0 Å². The van der Waals surface area contributed by atoms with Gasteiger partial charge in [0.15, 0.2) is 5.16 Å². The highest BCUT2D eigenvalue weighted by Gasteiger charge is 2.27. The summed E-state index contributed by atoms with van der Waals surface area (Å²) in [5, 5.41) is 18.6. The Labute approximate surface area is 133 Å². The van der Waals surface area contributed by atoms with E-state index in [1.807, 2.05) is 20.8 Å². The van der Waals surface area contributed by atoms with Crippen LogP contribution in [0.5, 0.6) is 0 Å². The molecule has 0 bridgehead atoms. The zero-order chi connectivity index (χ0) is 16.9. The van der Waals surface area contributed by atoms with Gasteiger partial charge in [-0.1, -0.05) is 32.5 Å². The van der Waals surface area contributed by atoms with Crippen LogP contribution in [0.4, 0.5) is 0 Å². The Bertz CT molecular complexity index is 518. The normalized spacial score (nSPS) is 15.5.